The first kappa shape index (κ1) is 27.0. The molecule has 9 nitrogen and oxygen atoms in total. The number of nitrogens with zero attached hydrogens (tertiary/aromatic N) is 2. The number of carbonyl (C=O) groups is 3. The van der Waals surface area contributed by atoms with E-state index in [9.17, 15) is 14.4 Å². The molecule has 3 heterocycles. The van der Waals surface area contributed by atoms with E-state index in [2.05, 4.69) is 22.3 Å². The number of amides is 3. The zero-order valence-electron chi connectivity index (χ0n) is 22.9. The van der Waals surface area contributed by atoms with E-state index in [1.54, 1.807) is 11.0 Å². The van der Waals surface area contributed by atoms with E-state index in [1.165, 1.54) is 5.56 Å². The van der Waals surface area contributed by atoms with Gasteiger partial charge in [0.2, 0.25) is 11.8 Å². The molecule has 0 radical (unpaired) electrons. The Morgan fingerprint density at radius 2 is 1.78 bits per heavy atom. The molecule has 2 fully saturated rings. The number of benzene rings is 3. The quantitative estimate of drug-likeness (QED) is 0.391. The molecule has 212 valence electrons. The summed E-state index contributed by atoms with van der Waals surface area (Å²) in [6.45, 7) is 3.83. The van der Waals surface area contributed by atoms with Gasteiger partial charge in [0, 0.05) is 44.7 Å². The fourth-order valence-corrected chi connectivity index (χ4v) is 5.90. The van der Waals surface area contributed by atoms with Crippen molar-refractivity contribution in [3.63, 3.8) is 0 Å². The number of piperidine rings is 1. The summed E-state index contributed by atoms with van der Waals surface area (Å²) < 4.78 is 12.4. The molecule has 1 unspecified atom stereocenters. The second kappa shape index (κ2) is 11.7. The number of hydrogen-bond acceptors (Lipinski definition) is 7. The number of imide groups is 1. The standard InChI is InChI=1S/C32H34N4O5/c33-16-22-5-1-2-6-23(22)20-40-25-7-3-4-21(14-25)17-35-13-12-27(19-35)41-26-8-9-28-24(15-26)18-36(32(28)39)29-10-11-30(37)34-31(29)38/h1-9,14-15,27,29H,10-13,16-20,33H2,(H,34,37,38)/t27-,29?/m0/s1. The number of likely N-dealkylation sites (tertiary alicyclic amines) is 1. The van der Waals surface area contributed by atoms with E-state index in [4.69, 9.17) is 15.2 Å². The number of rotatable bonds is 9. The van der Waals surface area contributed by atoms with Gasteiger partial charge < -0.3 is 20.1 Å². The summed E-state index contributed by atoms with van der Waals surface area (Å²) in [6.07, 6.45) is 1.54. The van der Waals surface area contributed by atoms with Crippen molar-refractivity contribution < 1.29 is 23.9 Å². The summed E-state index contributed by atoms with van der Waals surface area (Å²) in [5.74, 6) is 0.686. The van der Waals surface area contributed by atoms with Gasteiger partial charge in [-0.05, 0) is 65.4 Å². The minimum atomic E-state index is -0.619. The van der Waals surface area contributed by atoms with Crippen LogP contribution in [0.1, 0.15) is 51.9 Å². The summed E-state index contributed by atoms with van der Waals surface area (Å²) in [7, 11) is 0. The maximum atomic E-state index is 13.0. The lowest BCUT2D eigenvalue weighted by Crippen LogP contribution is -2.52. The molecule has 9 heteroatoms. The third-order valence-corrected chi connectivity index (χ3v) is 8.06. The minimum absolute atomic E-state index is 0.0450. The normalized spacial score (nSPS) is 20.7. The van der Waals surface area contributed by atoms with Crippen molar-refractivity contribution in [2.75, 3.05) is 13.1 Å². The fraction of sp³-hybridized carbons (Fsp3) is 0.344. The molecule has 0 saturated carbocycles. The molecule has 0 spiro atoms. The number of hydrogen-bond donors (Lipinski definition) is 2. The van der Waals surface area contributed by atoms with Gasteiger partial charge in [-0.2, -0.15) is 0 Å². The molecular formula is C32H34N4O5. The van der Waals surface area contributed by atoms with Gasteiger partial charge in [-0.15, -0.1) is 0 Å². The highest BCUT2D eigenvalue weighted by molar-refractivity contribution is 6.05. The molecular weight excluding hydrogens is 520 g/mol. The van der Waals surface area contributed by atoms with Gasteiger partial charge in [-0.3, -0.25) is 24.6 Å². The van der Waals surface area contributed by atoms with Crippen LogP contribution in [0.5, 0.6) is 11.5 Å². The number of nitrogens with one attached hydrogen (secondary N) is 1. The van der Waals surface area contributed by atoms with Gasteiger partial charge in [0.1, 0.15) is 30.3 Å². The van der Waals surface area contributed by atoms with E-state index in [1.807, 2.05) is 48.5 Å². The van der Waals surface area contributed by atoms with Crippen LogP contribution in [-0.2, 0) is 35.8 Å². The highest BCUT2D eigenvalue weighted by Gasteiger charge is 2.39. The SMILES string of the molecule is NCc1ccccc1COc1cccc(CN2CC[C@H](Oc3ccc4c(c3)CN(C3CCC(=O)NC3=O)C4=O)C2)c1. The Kier molecular flexibility index (Phi) is 7.71. The topological polar surface area (TPSA) is 114 Å². The van der Waals surface area contributed by atoms with Crippen LogP contribution in [0.2, 0.25) is 0 Å². The molecule has 2 saturated heterocycles. The molecule has 3 aliphatic heterocycles. The second-order valence-electron chi connectivity index (χ2n) is 10.9. The lowest BCUT2D eigenvalue weighted by atomic mass is 10.0. The summed E-state index contributed by atoms with van der Waals surface area (Å²) in [5, 5.41) is 2.34. The third kappa shape index (κ3) is 5.96. The summed E-state index contributed by atoms with van der Waals surface area (Å²) >= 11 is 0. The summed E-state index contributed by atoms with van der Waals surface area (Å²) in [6, 6.07) is 21.2. The summed E-state index contributed by atoms with van der Waals surface area (Å²) in [4.78, 5) is 40.7. The van der Waals surface area contributed by atoms with Gasteiger partial charge in [-0.1, -0.05) is 36.4 Å². The van der Waals surface area contributed by atoms with E-state index in [0.717, 1.165) is 54.2 Å². The molecule has 0 aliphatic carbocycles. The maximum absolute atomic E-state index is 13.0. The maximum Gasteiger partial charge on any atom is 0.255 e. The van der Waals surface area contributed by atoms with Gasteiger partial charge in [0.05, 0.1) is 0 Å². The van der Waals surface area contributed by atoms with Crippen LogP contribution < -0.4 is 20.5 Å². The molecule has 3 aliphatic rings. The Balaban J connectivity index is 1.02. The Morgan fingerprint density at radius 1 is 0.927 bits per heavy atom. The van der Waals surface area contributed by atoms with Gasteiger partial charge >= 0.3 is 0 Å². The molecule has 0 aromatic heterocycles. The van der Waals surface area contributed by atoms with Gasteiger partial charge in [-0.25, -0.2) is 0 Å². The van der Waals surface area contributed by atoms with Crippen molar-refractivity contribution in [1.29, 1.82) is 0 Å². The average molecular weight is 555 g/mol. The van der Waals surface area contributed by atoms with Crippen molar-refractivity contribution in [3.8, 4) is 11.5 Å². The van der Waals surface area contributed by atoms with E-state index in [-0.39, 0.29) is 24.3 Å². The molecule has 41 heavy (non-hydrogen) atoms. The Morgan fingerprint density at radius 3 is 2.61 bits per heavy atom. The molecule has 2 atom stereocenters. The predicted octanol–water partition coefficient (Wildman–Crippen LogP) is 3.14. The van der Waals surface area contributed by atoms with Gasteiger partial charge in [0.25, 0.3) is 5.91 Å². The van der Waals surface area contributed by atoms with E-state index >= 15 is 0 Å². The van der Waals surface area contributed by atoms with Crippen molar-refractivity contribution in [1.82, 2.24) is 15.1 Å². The first-order valence-electron chi connectivity index (χ1n) is 14.1. The summed E-state index contributed by atoms with van der Waals surface area (Å²) in [5.41, 5.74) is 10.7. The minimum Gasteiger partial charge on any atom is -0.489 e. The van der Waals surface area contributed by atoms with Crippen molar-refractivity contribution >= 4 is 17.7 Å². The number of carbonyl (C=O) groups excluding carboxylic acids is 3. The monoisotopic (exact) mass is 554 g/mol. The van der Waals surface area contributed by atoms with E-state index < -0.39 is 11.9 Å². The fourth-order valence-electron chi connectivity index (χ4n) is 5.90. The first-order chi connectivity index (χ1) is 20.0. The van der Waals surface area contributed by atoms with Gasteiger partial charge in [0.15, 0.2) is 0 Å². The zero-order valence-corrected chi connectivity index (χ0v) is 22.9. The number of nitrogens with two attached hydrogens (primary N) is 1. The smallest absolute Gasteiger partial charge is 0.255 e. The molecule has 6 rings (SSSR count). The van der Waals surface area contributed by atoms with Crippen molar-refractivity contribution in [3.05, 3.63) is 94.5 Å². The molecule has 3 N–H and O–H groups in total. The van der Waals surface area contributed by atoms with Crippen LogP contribution in [0, 0.1) is 0 Å². The largest absolute Gasteiger partial charge is 0.489 e. The molecule has 3 aromatic carbocycles. The lowest BCUT2D eigenvalue weighted by molar-refractivity contribution is -0.136. The van der Waals surface area contributed by atoms with Crippen molar-refractivity contribution in [2.24, 2.45) is 5.73 Å². The van der Waals surface area contributed by atoms with Crippen molar-refractivity contribution in [2.45, 2.75) is 57.6 Å². The second-order valence-corrected chi connectivity index (χ2v) is 10.9. The van der Waals surface area contributed by atoms with Crippen LogP contribution in [0.4, 0.5) is 0 Å². The van der Waals surface area contributed by atoms with Crippen LogP contribution in [0.3, 0.4) is 0 Å². The Hall–Kier alpha value is -4.21. The first-order valence-corrected chi connectivity index (χ1v) is 14.1. The number of fused-ring (bicyclic) bond motifs is 1. The highest BCUT2D eigenvalue weighted by Crippen LogP contribution is 2.31. The Bertz CT molecular complexity index is 1470. The predicted molar refractivity (Wildman–Crippen MR) is 152 cm³/mol. The molecule has 0 bridgehead atoms. The average Bonchev–Trinajstić information content (AvgIpc) is 3.55. The van der Waals surface area contributed by atoms with Crippen LogP contribution in [0.25, 0.3) is 0 Å². The van der Waals surface area contributed by atoms with E-state index in [0.29, 0.717) is 31.7 Å². The molecule has 3 aromatic rings. The van der Waals surface area contributed by atoms with Crippen LogP contribution in [-0.4, -0.2) is 52.8 Å². The Labute approximate surface area is 239 Å². The third-order valence-electron chi connectivity index (χ3n) is 8.06. The zero-order chi connectivity index (χ0) is 28.3. The highest BCUT2D eigenvalue weighted by atomic mass is 16.5. The number of ether oxygens (including phenoxy) is 2. The molecule has 3 amide bonds. The van der Waals surface area contributed by atoms with Crippen LogP contribution >= 0.6 is 0 Å². The lowest BCUT2D eigenvalue weighted by Gasteiger charge is -2.29. The van der Waals surface area contributed by atoms with Crippen LogP contribution in [0.15, 0.2) is 66.7 Å².